The molecule has 2 aromatic carbocycles. The maximum atomic E-state index is 3.67. The molecule has 0 saturated heterocycles. The van der Waals surface area contributed by atoms with Crippen molar-refractivity contribution in [1.82, 2.24) is 0 Å². The van der Waals surface area contributed by atoms with E-state index in [1.54, 1.807) is 49.1 Å². The van der Waals surface area contributed by atoms with E-state index in [9.17, 15) is 0 Å². The Bertz CT molecular complexity index is 1260. The molecule has 0 nitrogen and oxygen atoms in total. The molecule has 0 amide bonds. The quantitative estimate of drug-likeness (QED) is 0.329. The Hall–Kier alpha value is -0.747. The standard InChI is InChI=1S/C21H25.C16H21.C3H6.2ClH.Zr/c1-20(2,3)16-7-9-18-14(12-16)11-15-13-17(21(4,5)6)8-10-19(15)18;1-11-2-3-15(4-11)16-8-12-5-13(9-16)7-14(6-12)10-16;1-3-2;;;/h7-10,12H,11H2,1-6H3;3-4,11-14H,5-10H2,1H3;1-2H3;2*1H;/q2*-1;;;;+2/p-2. The summed E-state index contributed by atoms with van der Waals surface area (Å²) in [6, 6.07) is 15.2. The molecule has 6 aliphatic carbocycles. The molecule has 4 fully saturated rings. The molecule has 0 heterocycles. The maximum Gasteiger partial charge on any atom is -1.00 e. The molecule has 0 aliphatic heterocycles. The van der Waals surface area contributed by atoms with E-state index in [0.29, 0.717) is 11.3 Å². The minimum atomic E-state index is 0. The summed E-state index contributed by atoms with van der Waals surface area (Å²) < 4.78 is 1.51. The van der Waals surface area contributed by atoms with Gasteiger partial charge in [-0.25, -0.2) is 6.08 Å². The van der Waals surface area contributed by atoms with Crippen LogP contribution in [0.4, 0.5) is 0 Å². The van der Waals surface area contributed by atoms with Crippen molar-refractivity contribution < 1.29 is 49.0 Å². The molecule has 3 heteroatoms. The summed E-state index contributed by atoms with van der Waals surface area (Å²) in [6.07, 6.45) is 18.5. The van der Waals surface area contributed by atoms with Crippen LogP contribution in [-0.4, -0.2) is 3.21 Å². The van der Waals surface area contributed by atoms with Crippen molar-refractivity contribution in [3.8, 4) is 11.1 Å². The fourth-order valence-electron chi connectivity index (χ4n) is 8.41. The minimum absolute atomic E-state index is 0. The Labute approximate surface area is 291 Å². The van der Waals surface area contributed by atoms with E-state index in [2.05, 4.69) is 117 Å². The van der Waals surface area contributed by atoms with Crippen molar-refractivity contribution in [3.63, 3.8) is 0 Å². The summed E-state index contributed by atoms with van der Waals surface area (Å²) in [5, 5.41) is 0. The Kier molecular flexibility index (Phi) is 11.9. The van der Waals surface area contributed by atoms with Gasteiger partial charge in [0.25, 0.3) is 0 Å². The van der Waals surface area contributed by atoms with E-state index in [1.165, 1.54) is 55.8 Å². The van der Waals surface area contributed by atoms with Crippen molar-refractivity contribution >= 4 is 3.21 Å². The molecule has 232 valence electrons. The van der Waals surface area contributed by atoms with Gasteiger partial charge >= 0.3 is 41.3 Å². The van der Waals surface area contributed by atoms with Crippen LogP contribution in [0.2, 0.25) is 0 Å². The van der Waals surface area contributed by atoms with E-state index in [4.69, 9.17) is 0 Å². The van der Waals surface area contributed by atoms with Crippen molar-refractivity contribution in [3.05, 3.63) is 82.5 Å². The number of benzene rings is 2. The van der Waals surface area contributed by atoms with Crippen LogP contribution >= 0.6 is 0 Å². The number of rotatable bonds is 1. The smallest absolute Gasteiger partial charge is 1.00 e. The normalized spacial score (nSPS) is 27.4. The molecule has 4 saturated carbocycles. The van der Waals surface area contributed by atoms with Crippen molar-refractivity contribution in [2.24, 2.45) is 29.1 Å². The first-order valence-electron chi connectivity index (χ1n) is 16.2. The van der Waals surface area contributed by atoms with Gasteiger partial charge in [0.2, 0.25) is 0 Å². The van der Waals surface area contributed by atoms with Gasteiger partial charge in [-0.2, -0.15) is 35.4 Å². The first-order valence-corrected chi connectivity index (χ1v) is 17.4. The third-order valence-corrected chi connectivity index (χ3v) is 10.0. The van der Waals surface area contributed by atoms with E-state index < -0.39 is 0 Å². The molecule has 4 bridgehead atoms. The van der Waals surface area contributed by atoms with Crippen LogP contribution in [0.15, 0.2) is 48.1 Å². The number of hydrogen-bond donors (Lipinski definition) is 0. The topological polar surface area (TPSA) is 0 Å². The zero-order valence-electron chi connectivity index (χ0n) is 28.1. The summed E-state index contributed by atoms with van der Waals surface area (Å²) in [4.78, 5) is 0. The van der Waals surface area contributed by atoms with Gasteiger partial charge in [0.15, 0.2) is 0 Å². The molecular formula is C40H52Cl2Zr-2. The fraction of sp³-hybridized carbons (Fsp3) is 0.575. The van der Waals surface area contributed by atoms with Crippen LogP contribution in [-0.2, 0) is 41.5 Å². The summed E-state index contributed by atoms with van der Waals surface area (Å²) in [5.74, 6) is 3.77. The molecular weight excluding hydrogens is 643 g/mol. The van der Waals surface area contributed by atoms with Crippen LogP contribution in [0.25, 0.3) is 11.1 Å². The summed E-state index contributed by atoms with van der Waals surface area (Å²) in [7, 11) is 0. The maximum absolute atomic E-state index is 3.67. The Morgan fingerprint density at radius 3 is 1.81 bits per heavy atom. The third kappa shape index (κ3) is 8.35. The van der Waals surface area contributed by atoms with Crippen molar-refractivity contribution in [2.45, 2.75) is 118 Å². The van der Waals surface area contributed by atoms with Crippen molar-refractivity contribution in [2.75, 3.05) is 0 Å². The Balaban J connectivity index is 0.000000205. The zero-order chi connectivity index (χ0) is 29.7. The van der Waals surface area contributed by atoms with Crippen LogP contribution in [0.5, 0.6) is 0 Å². The van der Waals surface area contributed by atoms with Gasteiger partial charge in [0, 0.05) is 0 Å². The molecule has 1 atom stereocenters. The molecule has 8 rings (SSSR count). The molecule has 0 radical (unpaired) electrons. The third-order valence-electron chi connectivity index (χ3n) is 10.0. The fourth-order valence-corrected chi connectivity index (χ4v) is 8.41. The zero-order valence-corrected chi connectivity index (χ0v) is 32.0. The van der Waals surface area contributed by atoms with E-state index in [-0.39, 0.29) is 35.6 Å². The molecule has 0 aromatic heterocycles. The summed E-state index contributed by atoms with van der Waals surface area (Å²) in [6.45, 7) is 20.1. The van der Waals surface area contributed by atoms with E-state index in [0.717, 1.165) is 24.2 Å². The number of hydrogen-bond acceptors (Lipinski definition) is 0. The van der Waals surface area contributed by atoms with Gasteiger partial charge in [-0.1, -0.05) is 103 Å². The minimum Gasteiger partial charge on any atom is -1.00 e. The largest absolute Gasteiger partial charge is 1.00 e. The Morgan fingerprint density at radius 2 is 1.35 bits per heavy atom. The molecule has 2 aromatic rings. The number of fused-ring (bicyclic) bond motifs is 3. The van der Waals surface area contributed by atoms with E-state index >= 15 is 0 Å². The molecule has 0 N–H and O–H groups in total. The van der Waals surface area contributed by atoms with Gasteiger partial charge in [0.1, 0.15) is 0 Å². The first kappa shape index (κ1) is 36.7. The Morgan fingerprint density at radius 1 is 0.814 bits per heavy atom. The second-order valence-corrected chi connectivity index (χ2v) is 18.7. The van der Waals surface area contributed by atoms with Gasteiger partial charge in [-0.05, 0) is 65.4 Å². The van der Waals surface area contributed by atoms with Crippen LogP contribution in [0.3, 0.4) is 0 Å². The second-order valence-electron chi connectivity index (χ2n) is 16.2. The molecule has 1 unspecified atom stereocenters. The molecule has 43 heavy (non-hydrogen) atoms. The first-order chi connectivity index (χ1) is 19.1. The monoisotopic (exact) mass is 692 g/mol. The van der Waals surface area contributed by atoms with Crippen molar-refractivity contribution in [1.29, 1.82) is 0 Å². The molecule has 6 aliphatic rings. The molecule has 0 spiro atoms. The van der Waals surface area contributed by atoms with Crippen LogP contribution in [0.1, 0.15) is 123 Å². The average Bonchev–Trinajstić information content (AvgIpc) is 3.45. The van der Waals surface area contributed by atoms with Gasteiger partial charge in [0.05, 0.1) is 0 Å². The van der Waals surface area contributed by atoms with Gasteiger partial charge in [-0.3, -0.25) is 6.08 Å². The van der Waals surface area contributed by atoms with E-state index in [1.807, 2.05) is 0 Å². The summed E-state index contributed by atoms with van der Waals surface area (Å²) in [5.41, 5.74) is 11.0. The van der Waals surface area contributed by atoms with Crippen LogP contribution in [0, 0.1) is 41.2 Å². The second kappa shape index (κ2) is 13.9. The van der Waals surface area contributed by atoms with Gasteiger partial charge in [-0.15, -0.1) is 11.1 Å². The van der Waals surface area contributed by atoms with Crippen LogP contribution < -0.4 is 24.8 Å². The predicted molar refractivity (Wildman–Crippen MR) is 173 cm³/mol. The average molecular weight is 695 g/mol. The SMILES string of the molecule is CC(C)(C)c1[c-]c2c(cc1)-c1ccc(C(C)(C)C)cc1C2.CC1[C-]=CC(C23CC4CC(CC(C4)C2)C3)=C1.C[C](C)=[Zr+2].[Cl-].[Cl-]. The summed E-state index contributed by atoms with van der Waals surface area (Å²) >= 11 is 1.55. The van der Waals surface area contributed by atoms with Gasteiger partial charge < -0.3 is 24.8 Å². The number of halogens is 2. The predicted octanol–water partition coefficient (Wildman–Crippen LogP) is 4.54. The number of allylic oxidation sites excluding steroid dienone is 4.